The van der Waals surface area contributed by atoms with Crippen LogP contribution in [-0.4, -0.2) is 35.4 Å². The van der Waals surface area contributed by atoms with Crippen molar-refractivity contribution in [3.05, 3.63) is 62.1 Å². The van der Waals surface area contributed by atoms with Crippen molar-refractivity contribution in [1.82, 2.24) is 24.5 Å². The normalized spacial score (nSPS) is 10.8. The van der Waals surface area contributed by atoms with Gasteiger partial charge in [-0.25, -0.2) is 9.67 Å². The molecule has 0 spiro atoms. The Morgan fingerprint density at radius 3 is 2.71 bits per heavy atom. The Morgan fingerprint density at radius 2 is 2.04 bits per heavy atom. The van der Waals surface area contributed by atoms with Crippen LogP contribution in [0.1, 0.15) is 17.7 Å². The summed E-state index contributed by atoms with van der Waals surface area (Å²) in [4.78, 5) is 26.4. The van der Waals surface area contributed by atoms with Crippen LogP contribution in [0.2, 0.25) is 10.0 Å². The summed E-state index contributed by atoms with van der Waals surface area (Å²) in [6.07, 6.45) is 2.85. The van der Waals surface area contributed by atoms with E-state index < -0.39 is 4.92 Å². The maximum Gasteiger partial charge on any atom is 0.309 e. The number of nitrogens with zero attached hydrogens (tertiary/aromatic N) is 6. The van der Waals surface area contributed by atoms with Crippen LogP contribution in [0.5, 0.6) is 0 Å². The maximum absolute atomic E-state index is 12.1. The first-order chi connectivity index (χ1) is 13.3. The molecule has 0 aliphatic rings. The zero-order valence-corrected chi connectivity index (χ0v) is 16.2. The first kappa shape index (κ1) is 19.8. The van der Waals surface area contributed by atoms with Gasteiger partial charge in [0.1, 0.15) is 18.2 Å². The minimum Gasteiger partial charge on any atom is -0.293 e. The van der Waals surface area contributed by atoms with E-state index in [1.807, 2.05) is 6.07 Å². The van der Waals surface area contributed by atoms with E-state index in [-0.39, 0.29) is 30.5 Å². The number of carbonyl (C=O) groups excluding carboxylic acids is 1. The largest absolute Gasteiger partial charge is 0.309 e. The van der Waals surface area contributed by atoms with E-state index >= 15 is 0 Å². The van der Waals surface area contributed by atoms with Gasteiger partial charge in [0.15, 0.2) is 0 Å². The first-order valence-electron chi connectivity index (χ1n) is 8.13. The fourth-order valence-corrected chi connectivity index (χ4v) is 2.78. The van der Waals surface area contributed by atoms with Gasteiger partial charge >= 0.3 is 5.69 Å². The van der Waals surface area contributed by atoms with Gasteiger partial charge in [0.2, 0.25) is 11.9 Å². The molecule has 3 aromatic rings. The van der Waals surface area contributed by atoms with Gasteiger partial charge in [0.05, 0.1) is 21.5 Å². The number of benzene rings is 1. The second-order valence-electron chi connectivity index (χ2n) is 5.93. The number of nitro groups is 1. The summed E-state index contributed by atoms with van der Waals surface area (Å²) in [7, 11) is 0. The number of hydrogen-bond donors (Lipinski definition) is 1. The van der Waals surface area contributed by atoms with Crippen molar-refractivity contribution in [2.45, 2.75) is 26.4 Å². The summed E-state index contributed by atoms with van der Waals surface area (Å²) >= 11 is 11.9. The monoisotopic (exact) mass is 423 g/mol. The Labute approximate surface area is 169 Å². The Kier molecular flexibility index (Phi) is 5.90. The molecule has 0 saturated heterocycles. The zero-order valence-electron chi connectivity index (χ0n) is 14.7. The predicted octanol–water partition coefficient (Wildman–Crippen LogP) is 3.08. The highest BCUT2D eigenvalue weighted by molar-refractivity contribution is 6.42. The van der Waals surface area contributed by atoms with Gasteiger partial charge in [0.25, 0.3) is 0 Å². The van der Waals surface area contributed by atoms with Gasteiger partial charge in [-0.05, 0) is 24.6 Å². The standard InChI is InChI=1S/C16H15Cl2N7O3/c1-10-14(25(27)28)8-23(21-10)5-4-15(26)20-16-19-9-24(22-16)7-11-2-3-12(17)13(18)6-11/h2-3,6,8-9H,4-5,7H2,1H3,(H,20,22,26). The molecule has 0 saturated carbocycles. The SMILES string of the molecule is Cc1nn(CCC(=O)Nc2ncn(Cc3ccc(Cl)c(Cl)c3)n2)cc1[N+](=O)[O-]. The Morgan fingerprint density at radius 1 is 1.25 bits per heavy atom. The number of rotatable bonds is 7. The van der Waals surface area contributed by atoms with Crippen molar-refractivity contribution < 1.29 is 9.72 Å². The number of carbonyl (C=O) groups is 1. The van der Waals surface area contributed by atoms with Crippen molar-refractivity contribution in [2.24, 2.45) is 0 Å². The lowest BCUT2D eigenvalue weighted by Crippen LogP contribution is -2.16. The first-order valence-corrected chi connectivity index (χ1v) is 8.89. The number of aromatic nitrogens is 5. The number of anilines is 1. The second-order valence-corrected chi connectivity index (χ2v) is 6.75. The van der Waals surface area contributed by atoms with E-state index in [0.29, 0.717) is 22.3 Å². The van der Waals surface area contributed by atoms with Crippen molar-refractivity contribution >= 4 is 40.7 Å². The molecule has 1 aromatic carbocycles. The van der Waals surface area contributed by atoms with Crippen molar-refractivity contribution in [3.8, 4) is 0 Å². The van der Waals surface area contributed by atoms with E-state index in [2.05, 4.69) is 20.5 Å². The van der Waals surface area contributed by atoms with Gasteiger partial charge in [-0.15, -0.1) is 5.10 Å². The summed E-state index contributed by atoms with van der Waals surface area (Å²) in [6.45, 7) is 2.15. The quantitative estimate of drug-likeness (QED) is 0.460. The smallest absolute Gasteiger partial charge is 0.293 e. The van der Waals surface area contributed by atoms with Crippen LogP contribution in [0.25, 0.3) is 0 Å². The van der Waals surface area contributed by atoms with E-state index in [0.717, 1.165) is 5.56 Å². The molecule has 0 atom stereocenters. The molecule has 0 radical (unpaired) electrons. The number of halogens is 2. The van der Waals surface area contributed by atoms with E-state index in [9.17, 15) is 14.9 Å². The Bertz CT molecular complexity index is 1030. The number of aryl methyl sites for hydroxylation is 2. The molecular formula is C16H15Cl2N7O3. The predicted molar refractivity (Wildman–Crippen MR) is 102 cm³/mol. The molecule has 0 aliphatic heterocycles. The summed E-state index contributed by atoms with van der Waals surface area (Å²) in [5.74, 6) is -0.171. The van der Waals surface area contributed by atoms with Crippen LogP contribution in [-0.2, 0) is 17.9 Å². The molecule has 0 bridgehead atoms. The summed E-state index contributed by atoms with van der Waals surface area (Å²) in [6, 6.07) is 5.24. The van der Waals surface area contributed by atoms with Gasteiger partial charge in [-0.3, -0.25) is 24.9 Å². The highest BCUT2D eigenvalue weighted by Gasteiger charge is 2.16. The fraction of sp³-hybridized carbons (Fsp3) is 0.250. The van der Waals surface area contributed by atoms with Crippen LogP contribution in [0.15, 0.2) is 30.7 Å². The minimum absolute atomic E-state index is 0.0691. The van der Waals surface area contributed by atoms with E-state index in [4.69, 9.17) is 23.2 Å². The molecule has 28 heavy (non-hydrogen) atoms. The zero-order chi connectivity index (χ0) is 20.3. The molecule has 2 aromatic heterocycles. The Hall–Kier alpha value is -2.98. The highest BCUT2D eigenvalue weighted by atomic mass is 35.5. The van der Waals surface area contributed by atoms with Crippen molar-refractivity contribution in [1.29, 1.82) is 0 Å². The summed E-state index contributed by atoms with van der Waals surface area (Å²) in [5.41, 5.74) is 1.10. The number of nitrogens with one attached hydrogen (secondary N) is 1. The molecule has 0 unspecified atom stereocenters. The third-order valence-corrected chi connectivity index (χ3v) is 4.54. The molecule has 146 valence electrons. The van der Waals surface area contributed by atoms with E-state index in [1.54, 1.807) is 23.7 Å². The topological polar surface area (TPSA) is 121 Å². The van der Waals surface area contributed by atoms with Crippen LogP contribution in [0, 0.1) is 17.0 Å². The second kappa shape index (κ2) is 8.36. The third-order valence-electron chi connectivity index (χ3n) is 3.80. The van der Waals surface area contributed by atoms with Crippen LogP contribution < -0.4 is 5.32 Å². The minimum atomic E-state index is -0.511. The molecular weight excluding hydrogens is 409 g/mol. The van der Waals surface area contributed by atoms with Crippen LogP contribution in [0.4, 0.5) is 11.6 Å². The van der Waals surface area contributed by atoms with E-state index in [1.165, 1.54) is 17.2 Å². The number of amides is 1. The molecule has 3 rings (SSSR count). The van der Waals surface area contributed by atoms with Crippen molar-refractivity contribution in [3.63, 3.8) is 0 Å². The molecule has 2 heterocycles. The Balaban J connectivity index is 1.54. The highest BCUT2D eigenvalue weighted by Crippen LogP contribution is 2.23. The van der Waals surface area contributed by atoms with Gasteiger partial charge in [-0.2, -0.15) is 5.10 Å². The molecule has 0 fully saturated rings. The van der Waals surface area contributed by atoms with Crippen molar-refractivity contribution in [2.75, 3.05) is 5.32 Å². The number of hydrogen-bond acceptors (Lipinski definition) is 6. The van der Waals surface area contributed by atoms with Gasteiger partial charge < -0.3 is 0 Å². The average molecular weight is 424 g/mol. The molecule has 12 heteroatoms. The van der Waals surface area contributed by atoms with Gasteiger partial charge in [0, 0.05) is 13.0 Å². The average Bonchev–Trinajstić information content (AvgIpc) is 3.22. The van der Waals surface area contributed by atoms with Crippen LogP contribution >= 0.6 is 23.2 Å². The molecule has 1 amide bonds. The molecule has 1 N–H and O–H groups in total. The lowest BCUT2D eigenvalue weighted by molar-refractivity contribution is -0.385. The third kappa shape index (κ3) is 4.84. The lowest BCUT2D eigenvalue weighted by atomic mass is 10.2. The summed E-state index contributed by atoms with van der Waals surface area (Å²) < 4.78 is 2.92. The van der Waals surface area contributed by atoms with Gasteiger partial charge in [-0.1, -0.05) is 29.3 Å². The molecule has 0 aliphatic carbocycles. The molecule has 10 nitrogen and oxygen atoms in total. The lowest BCUT2D eigenvalue weighted by Gasteiger charge is -2.03. The fourth-order valence-electron chi connectivity index (χ4n) is 2.46. The van der Waals surface area contributed by atoms with Crippen LogP contribution in [0.3, 0.4) is 0 Å². The summed E-state index contributed by atoms with van der Waals surface area (Å²) in [5, 5.41) is 22.5. The maximum atomic E-state index is 12.1.